The Hall–Kier alpha value is -1.51. The minimum atomic E-state index is -0.0920. The average Bonchev–Trinajstić information content (AvgIpc) is 3.22. The largest absolute Gasteiger partial charge is 0.375 e. The summed E-state index contributed by atoms with van der Waals surface area (Å²) in [4.78, 5) is 21.9. The lowest BCUT2D eigenvalue weighted by Crippen LogP contribution is -2.51. The Morgan fingerprint density at radius 3 is 2.65 bits per heavy atom. The summed E-state index contributed by atoms with van der Waals surface area (Å²) >= 11 is 0. The quantitative estimate of drug-likeness (QED) is 0.653. The third-order valence-electron chi connectivity index (χ3n) is 7.49. The molecular weight excluding hydrogens is 396 g/mol. The van der Waals surface area contributed by atoms with Gasteiger partial charge in [-0.2, -0.15) is 4.98 Å². The molecule has 8 heteroatoms. The summed E-state index contributed by atoms with van der Waals surface area (Å²) in [5, 5.41) is 4.10. The third-order valence-corrected chi connectivity index (χ3v) is 7.49. The number of hydrogen-bond acceptors (Lipinski definition) is 7. The molecule has 0 aliphatic carbocycles. The Kier molecular flexibility index (Phi) is 7.61. The van der Waals surface area contributed by atoms with Crippen molar-refractivity contribution in [2.45, 2.75) is 70.5 Å². The molecule has 0 bridgehead atoms. The first-order valence-electron chi connectivity index (χ1n) is 12.0. The minimum Gasteiger partial charge on any atom is -0.375 e. The highest BCUT2D eigenvalue weighted by Gasteiger charge is 2.41. The summed E-state index contributed by atoms with van der Waals surface area (Å²) in [5.41, 5.74) is -0.0920. The van der Waals surface area contributed by atoms with Crippen LogP contribution in [0, 0.1) is 11.8 Å². The molecule has 31 heavy (non-hydrogen) atoms. The second kappa shape index (κ2) is 10.4. The summed E-state index contributed by atoms with van der Waals surface area (Å²) in [6.07, 6.45) is 7.75. The Morgan fingerprint density at radius 1 is 1.16 bits per heavy atom. The summed E-state index contributed by atoms with van der Waals surface area (Å²) in [6.45, 7) is 8.38. The maximum atomic E-state index is 12.9. The lowest BCUT2D eigenvalue weighted by molar-refractivity contribution is -0.148. The van der Waals surface area contributed by atoms with Crippen molar-refractivity contribution in [3.05, 3.63) is 11.7 Å². The molecule has 3 aliphatic rings. The number of likely N-dealkylation sites (tertiary alicyclic amines) is 2. The van der Waals surface area contributed by atoms with Gasteiger partial charge < -0.3 is 23.8 Å². The van der Waals surface area contributed by atoms with Gasteiger partial charge in [0.15, 0.2) is 5.82 Å². The number of nitrogens with zero attached hydrogens (tertiary/aromatic N) is 4. The van der Waals surface area contributed by atoms with Gasteiger partial charge in [0.1, 0.15) is 6.61 Å². The van der Waals surface area contributed by atoms with Gasteiger partial charge >= 0.3 is 0 Å². The number of methoxy groups -OCH3 is 1. The molecule has 1 unspecified atom stereocenters. The molecule has 1 atom stereocenters. The highest BCUT2D eigenvalue weighted by atomic mass is 16.5. The number of ether oxygens (including phenoxy) is 2. The number of carbonyl (C=O) groups is 1. The molecule has 3 saturated heterocycles. The Balaban J connectivity index is 1.23. The van der Waals surface area contributed by atoms with Crippen molar-refractivity contribution >= 4 is 5.91 Å². The van der Waals surface area contributed by atoms with Crippen LogP contribution >= 0.6 is 0 Å². The van der Waals surface area contributed by atoms with E-state index in [1.807, 2.05) is 0 Å². The molecule has 0 aromatic carbocycles. The van der Waals surface area contributed by atoms with E-state index < -0.39 is 0 Å². The van der Waals surface area contributed by atoms with Gasteiger partial charge in [-0.3, -0.25) is 4.79 Å². The van der Waals surface area contributed by atoms with Crippen LogP contribution in [0.3, 0.4) is 0 Å². The molecule has 1 amide bonds. The van der Waals surface area contributed by atoms with Crippen LogP contribution in [0.15, 0.2) is 4.52 Å². The molecule has 4 heterocycles. The fourth-order valence-electron chi connectivity index (χ4n) is 5.51. The molecule has 174 valence electrons. The molecule has 3 fully saturated rings. The second-order valence-corrected chi connectivity index (χ2v) is 9.59. The molecule has 1 aromatic rings. The maximum Gasteiger partial charge on any atom is 0.252 e. The van der Waals surface area contributed by atoms with E-state index >= 15 is 0 Å². The van der Waals surface area contributed by atoms with Gasteiger partial charge in [-0.05, 0) is 70.0 Å². The molecular formula is C23H38N4O4. The minimum absolute atomic E-state index is 0.0920. The van der Waals surface area contributed by atoms with E-state index in [0.717, 1.165) is 96.5 Å². The van der Waals surface area contributed by atoms with Crippen molar-refractivity contribution in [2.75, 3.05) is 46.4 Å². The van der Waals surface area contributed by atoms with Crippen molar-refractivity contribution in [3.8, 4) is 0 Å². The van der Waals surface area contributed by atoms with Crippen molar-refractivity contribution in [2.24, 2.45) is 11.8 Å². The molecule has 0 N–H and O–H groups in total. The molecule has 0 radical (unpaired) electrons. The summed E-state index contributed by atoms with van der Waals surface area (Å²) in [5.74, 6) is 2.68. The van der Waals surface area contributed by atoms with E-state index in [-0.39, 0.29) is 5.60 Å². The number of piperidine rings is 2. The smallest absolute Gasteiger partial charge is 0.252 e. The number of amides is 1. The second-order valence-electron chi connectivity index (χ2n) is 9.59. The molecule has 1 spiro atoms. The van der Waals surface area contributed by atoms with Gasteiger partial charge in [0.25, 0.3) is 5.89 Å². The van der Waals surface area contributed by atoms with Crippen LogP contribution < -0.4 is 0 Å². The van der Waals surface area contributed by atoms with Gasteiger partial charge in [-0.25, -0.2) is 0 Å². The lowest BCUT2D eigenvalue weighted by Gasteiger charge is -2.46. The Morgan fingerprint density at radius 2 is 1.94 bits per heavy atom. The van der Waals surface area contributed by atoms with Crippen molar-refractivity contribution < 1.29 is 18.8 Å². The van der Waals surface area contributed by atoms with Crippen molar-refractivity contribution in [1.29, 1.82) is 0 Å². The standard InChI is InChI=1S/C23H38N4O4/c1-3-26-9-4-18(5-10-26)15-22(28)27-11-7-23(8-12-27)16-19(6-13-30-23)14-20-24-21(17-29-2)31-25-20/h18-19H,3-17H2,1-2H3. The molecule has 1 aromatic heterocycles. The monoisotopic (exact) mass is 434 g/mol. The van der Waals surface area contributed by atoms with Crippen LogP contribution in [0.2, 0.25) is 0 Å². The molecule has 4 rings (SSSR count). The number of hydrogen-bond donors (Lipinski definition) is 0. The van der Waals surface area contributed by atoms with Crippen molar-refractivity contribution in [1.82, 2.24) is 19.9 Å². The van der Waals surface area contributed by atoms with Crippen LogP contribution in [0.5, 0.6) is 0 Å². The van der Waals surface area contributed by atoms with Crippen LogP contribution in [0.1, 0.15) is 63.6 Å². The SMILES string of the molecule is CCN1CCC(CC(=O)N2CCC3(CC2)CC(Cc2noc(COC)n2)CCO3)CC1. The summed E-state index contributed by atoms with van der Waals surface area (Å²) in [6, 6.07) is 0. The molecule has 3 aliphatic heterocycles. The van der Waals surface area contributed by atoms with Crippen LogP contribution in [-0.4, -0.2) is 77.9 Å². The normalized spacial score (nSPS) is 25.2. The van der Waals surface area contributed by atoms with E-state index in [1.54, 1.807) is 7.11 Å². The maximum absolute atomic E-state index is 12.9. The van der Waals surface area contributed by atoms with E-state index in [4.69, 9.17) is 14.0 Å². The molecule has 8 nitrogen and oxygen atoms in total. The van der Waals surface area contributed by atoms with Crippen LogP contribution in [0.4, 0.5) is 0 Å². The van der Waals surface area contributed by atoms with E-state index in [0.29, 0.717) is 30.2 Å². The van der Waals surface area contributed by atoms with E-state index in [9.17, 15) is 4.79 Å². The fourth-order valence-corrected chi connectivity index (χ4v) is 5.51. The zero-order valence-corrected chi connectivity index (χ0v) is 19.2. The molecule has 0 saturated carbocycles. The predicted molar refractivity (Wildman–Crippen MR) is 115 cm³/mol. The zero-order chi connectivity index (χ0) is 21.7. The first kappa shape index (κ1) is 22.7. The zero-order valence-electron chi connectivity index (χ0n) is 19.2. The number of carbonyl (C=O) groups excluding carboxylic acids is 1. The summed E-state index contributed by atoms with van der Waals surface area (Å²) in [7, 11) is 1.62. The fraction of sp³-hybridized carbons (Fsp3) is 0.870. The lowest BCUT2D eigenvalue weighted by atomic mass is 9.78. The van der Waals surface area contributed by atoms with Crippen LogP contribution in [0.25, 0.3) is 0 Å². The van der Waals surface area contributed by atoms with Crippen LogP contribution in [-0.2, 0) is 27.3 Å². The first-order valence-corrected chi connectivity index (χ1v) is 12.0. The Labute approximate surface area is 185 Å². The van der Waals surface area contributed by atoms with Gasteiger partial charge in [-0.15, -0.1) is 0 Å². The Bertz CT molecular complexity index is 708. The number of aromatic nitrogens is 2. The average molecular weight is 435 g/mol. The summed E-state index contributed by atoms with van der Waals surface area (Å²) < 4.78 is 16.6. The topological polar surface area (TPSA) is 80.9 Å². The van der Waals surface area contributed by atoms with E-state index in [1.165, 1.54) is 0 Å². The van der Waals surface area contributed by atoms with Gasteiger partial charge in [0.05, 0.1) is 5.60 Å². The predicted octanol–water partition coefficient (Wildman–Crippen LogP) is 2.67. The van der Waals surface area contributed by atoms with Crippen molar-refractivity contribution in [3.63, 3.8) is 0 Å². The van der Waals surface area contributed by atoms with E-state index in [2.05, 4.69) is 26.9 Å². The van der Waals surface area contributed by atoms with Gasteiger partial charge in [0, 0.05) is 39.6 Å². The van der Waals surface area contributed by atoms with Gasteiger partial charge in [0.2, 0.25) is 5.91 Å². The third kappa shape index (κ3) is 5.84. The first-order chi connectivity index (χ1) is 15.1. The highest BCUT2D eigenvalue weighted by Crippen LogP contribution is 2.39. The number of rotatable bonds is 7. The van der Waals surface area contributed by atoms with Gasteiger partial charge in [-0.1, -0.05) is 12.1 Å². The highest BCUT2D eigenvalue weighted by molar-refractivity contribution is 5.76.